The maximum atomic E-state index is 13.3. The molecular weight excluding hydrogens is 398 g/mol. The Hall–Kier alpha value is -3.15. The molecule has 0 unspecified atom stereocenters. The van der Waals surface area contributed by atoms with Gasteiger partial charge in [0.25, 0.3) is 5.91 Å². The lowest BCUT2D eigenvalue weighted by Gasteiger charge is -2.23. The molecule has 0 fully saturated rings. The van der Waals surface area contributed by atoms with Gasteiger partial charge in [-0.2, -0.15) is 0 Å². The van der Waals surface area contributed by atoms with E-state index in [4.69, 9.17) is 4.74 Å². The SMILES string of the molecule is CNCC[C@@H](OCc1cccc(N2CCN(C)c3ccccc3C2=O)c1)c1ccccc1. The van der Waals surface area contributed by atoms with Gasteiger partial charge in [-0.25, -0.2) is 0 Å². The summed E-state index contributed by atoms with van der Waals surface area (Å²) in [5, 5.41) is 3.21. The normalized spacial score (nSPS) is 14.8. The smallest absolute Gasteiger partial charge is 0.260 e. The molecule has 3 aromatic carbocycles. The molecule has 0 radical (unpaired) electrons. The zero-order chi connectivity index (χ0) is 22.3. The minimum absolute atomic E-state index is 0.0210. The number of rotatable bonds is 8. The second-order valence-corrected chi connectivity index (χ2v) is 8.17. The van der Waals surface area contributed by atoms with Crippen LogP contribution in [0.2, 0.25) is 0 Å². The largest absolute Gasteiger partial charge is 0.372 e. The fraction of sp³-hybridized carbons (Fsp3) is 0.296. The van der Waals surface area contributed by atoms with E-state index in [1.165, 1.54) is 5.56 Å². The van der Waals surface area contributed by atoms with Crippen LogP contribution in [0.1, 0.15) is 34.0 Å². The van der Waals surface area contributed by atoms with Crippen molar-refractivity contribution < 1.29 is 9.53 Å². The first kappa shape index (κ1) is 22.1. The molecule has 1 N–H and O–H groups in total. The van der Waals surface area contributed by atoms with Gasteiger partial charge in [0.2, 0.25) is 0 Å². The van der Waals surface area contributed by atoms with Crippen LogP contribution in [0.3, 0.4) is 0 Å². The molecule has 32 heavy (non-hydrogen) atoms. The Labute approximate surface area is 190 Å². The third kappa shape index (κ3) is 5.01. The van der Waals surface area contributed by atoms with E-state index in [9.17, 15) is 4.79 Å². The molecule has 0 spiro atoms. The molecule has 1 aliphatic heterocycles. The number of nitrogens with zero attached hydrogens (tertiary/aromatic N) is 2. The number of hydrogen-bond donors (Lipinski definition) is 1. The number of carbonyl (C=O) groups is 1. The molecule has 0 aromatic heterocycles. The summed E-state index contributed by atoms with van der Waals surface area (Å²) < 4.78 is 6.33. The molecule has 0 saturated heterocycles. The Kier molecular flexibility index (Phi) is 7.20. The molecule has 1 amide bonds. The topological polar surface area (TPSA) is 44.8 Å². The molecule has 1 heterocycles. The van der Waals surface area contributed by atoms with Crippen LogP contribution in [0.25, 0.3) is 0 Å². The van der Waals surface area contributed by atoms with Crippen LogP contribution < -0.4 is 15.1 Å². The Morgan fingerprint density at radius 1 is 0.969 bits per heavy atom. The molecule has 1 atom stereocenters. The molecule has 0 bridgehead atoms. The Morgan fingerprint density at radius 3 is 2.56 bits per heavy atom. The van der Waals surface area contributed by atoms with Gasteiger partial charge in [0.15, 0.2) is 0 Å². The zero-order valence-corrected chi connectivity index (χ0v) is 18.8. The molecular formula is C27H31N3O2. The summed E-state index contributed by atoms with van der Waals surface area (Å²) in [5.74, 6) is 0.0409. The van der Waals surface area contributed by atoms with E-state index in [-0.39, 0.29) is 12.0 Å². The lowest BCUT2D eigenvalue weighted by Crippen LogP contribution is -2.33. The summed E-state index contributed by atoms with van der Waals surface area (Å²) in [6.45, 7) is 2.80. The Bertz CT molecular complexity index is 1040. The fourth-order valence-electron chi connectivity index (χ4n) is 4.15. The van der Waals surface area contributed by atoms with Crippen LogP contribution in [0.5, 0.6) is 0 Å². The van der Waals surface area contributed by atoms with Gasteiger partial charge in [-0.3, -0.25) is 4.79 Å². The number of ether oxygens (including phenoxy) is 1. The van der Waals surface area contributed by atoms with E-state index in [1.54, 1.807) is 0 Å². The van der Waals surface area contributed by atoms with Crippen molar-refractivity contribution in [2.75, 3.05) is 43.5 Å². The highest BCUT2D eigenvalue weighted by atomic mass is 16.5. The third-order valence-electron chi connectivity index (χ3n) is 5.95. The predicted octanol–water partition coefficient (Wildman–Crippen LogP) is 4.65. The van der Waals surface area contributed by atoms with Gasteiger partial charge in [0, 0.05) is 31.5 Å². The van der Waals surface area contributed by atoms with Crippen molar-refractivity contribution in [2.45, 2.75) is 19.1 Å². The van der Waals surface area contributed by atoms with Gasteiger partial charge < -0.3 is 19.9 Å². The standard InChI is InChI=1S/C27H31N3O2/c1-28-16-15-26(22-10-4-3-5-11-22)32-20-21-9-8-12-23(19-21)30-18-17-29(2)25-14-7-6-13-24(25)27(30)31/h3-14,19,26,28H,15-18,20H2,1-2H3/t26-/m1/s1. The van der Waals surface area contributed by atoms with Gasteiger partial charge in [0.1, 0.15) is 0 Å². The summed E-state index contributed by atoms with van der Waals surface area (Å²) in [6, 6.07) is 26.3. The van der Waals surface area contributed by atoms with E-state index in [0.717, 1.165) is 42.0 Å². The number of amides is 1. The van der Waals surface area contributed by atoms with Gasteiger partial charge in [0.05, 0.1) is 18.3 Å². The number of nitrogens with one attached hydrogen (secondary N) is 1. The second kappa shape index (κ2) is 10.4. The first-order valence-electron chi connectivity index (χ1n) is 11.2. The van der Waals surface area contributed by atoms with Gasteiger partial charge >= 0.3 is 0 Å². The zero-order valence-electron chi connectivity index (χ0n) is 18.8. The maximum Gasteiger partial charge on any atom is 0.260 e. The van der Waals surface area contributed by atoms with Crippen molar-refractivity contribution in [2.24, 2.45) is 0 Å². The van der Waals surface area contributed by atoms with Crippen LogP contribution in [-0.2, 0) is 11.3 Å². The van der Waals surface area contributed by atoms with Crippen molar-refractivity contribution in [3.63, 3.8) is 0 Å². The van der Waals surface area contributed by atoms with Gasteiger partial charge in [-0.15, -0.1) is 0 Å². The van der Waals surface area contributed by atoms with Crippen molar-refractivity contribution in [3.8, 4) is 0 Å². The van der Waals surface area contributed by atoms with Crippen molar-refractivity contribution in [3.05, 3.63) is 95.6 Å². The van der Waals surface area contributed by atoms with E-state index in [0.29, 0.717) is 13.2 Å². The van der Waals surface area contributed by atoms with E-state index in [1.807, 2.05) is 73.6 Å². The van der Waals surface area contributed by atoms with Crippen LogP contribution in [0.15, 0.2) is 78.9 Å². The number of para-hydroxylation sites is 1. The summed E-state index contributed by atoms with van der Waals surface area (Å²) in [4.78, 5) is 17.3. The number of fused-ring (bicyclic) bond motifs is 1. The van der Waals surface area contributed by atoms with Crippen LogP contribution in [0, 0.1) is 0 Å². The lowest BCUT2D eigenvalue weighted by molar-refractivity contribution is 0.0344. The van der Waals surface area contributed by atoms with E-state index >= 15 is 0 Å². The van der Waals surface area contributed by atoms with Crippen LogP contribution in [-0.4, -0.2) is 39.6 Å². The summed E-state index contributed by atoms with van der Waals surface area (Å²) in [6.07, 6.45) is 0.918. The summed E-state index contributed by atoms with van der Waals surface area (Å²) >= 11 is 0. The predicted molar refractivity (Wildman–Crippen MR) is 130 cm³/mol. The van der Waals surface area contributed by atoms with Crippen molar-refractivity contribution >= 4 is 17.3 Å². The minimum atomic E-state index is 0.0210. The molecule has 4 rings (SSSR count). The Morgan fingerprint density at radius 2 is 1.75 bits per heavy atom. The quantitative estimate of drug-likeness (QED) is 0.566. The van der Waals surface area contributed by atoms with Crippen LogP contribution >= 0.6 is 0 Å². The summed E-state index contributed by atoms with van der Waals surface area (Å²) in [5.41, 5.74) is 4.88. The minimum Gasteiger partial charge on any atom is -0.372 e. The molecule has 0 aliphatic carbocycles. The van der Waals surface area contributed by atoms with Gasteiger partial charge in [-0.05, 0) is 55.4 Å². The first-order valence-corrected chi connectivity index (χ1v) is 11.2. The van der Waals surface area contributed by atoms with Crippen LogP contribution in [0.4, 0.5) is 11.4 Å². The molecule has 1 aliphatic rings. The number of likely N-dealkylation sites (N-methyl/N-ethyl adjacent to an activating group) is 1. The molecule has 5 heteroatoms. The number of anilines is 2. The lowest BCUT2D eigenvalue weighted by atomic mass is 10.1. The molecule has 166 valence electrons. The summed E-state index contributed by atoms with van der Waals surface area (Å²) in [7, 11) is 3.99. The molecule has 3 aromatic rings. The number of benzene rings is 3. The number of carbonyl (C=O) groups excluding carboxylic acids is 1. The van der Waals surface area contributed by atoms with Crippen molar-refractivity contribution in [1.82, 2.24) is 5.32 Å². The average molecular weight is 430 g/mol. The van der Waals surface area contributed by atoms with E-state index < -0.39 is 0 Å². The highest BCUT2D eigenvalue weighted by Crippen LogP contribution is 2.28. The van der Waals surface area contributed by atoms with Gasteiger partial charge in [-0.1, -0.05) is 54.6 Å². The molecule has 5 nitrogen and oxygen atoms in total. The van der Waals surface area contributed by atoms with Crippen molar-refractivity contribution in [1.29, 1.82) is 0 Å². The number of hydrogen-bond acceptors (Lipinski definition) is 4. The first-order chi connectivity index (χ1) is 15.7. The maximum absolute atomic E-state index is 13.3. The third-order valence-corrected chi connectivity index (χ3v) is 5.95. The Balaban J connectivity index is 1.51. The fourth-order valence-corrected chi connectivity index (χ4v) is 4.15. The highest BCUT2D eigenvalue weighted by molar-refractivity contribution is 6.10. The monoisotopic (exact) mass is 429 g/mol. The molecule has 0 saturated carbocycles. The average Bonchev–Trinajstić information content (AvgIpc) is 2.96. The highest BCUT2D eigenvalue weighted by Gasteiger charge is 2.25. The second-order valence-electron chi connectivity index (χ2n) is 8.17. The van der Waals surface area contributed by atoms with E-state index in [2.05, 4.69) is 34.5 Å².